The fraction of sp³-hybridized carbons (Fsp3) is 0.600. The highest BCUT2D eigenvalue weighted by Crippen LogP contribution is 2.25. The standard InChI is InChI=1S/C20H30N2O3/c1-2-14-21-19(23)12-13-20(24)22-17-8-10-18(11-9-17)25-15-16-6-4-3-5-7-16/h8-11,16H,2-7,12-15H2,1H3,(H,21,23)(H,22,24). The van der Waals surface area contributed by atoms with E-state index in [0.29, 0.717) is 12.5 Å². The monoisotopic (exact) mass is 346 g/mol. The zero-order valence-electron chi connectivity index (χ0n) is 15.2. The van der Waals surface area contributed by atoms with Gasteiger partial charge in [-0.05, 0) is 49.4 Å². The zero-order chi connectivity index (χ0) is 17.9. The van der Waals surface area contributed by atoms with E-state index in [1.165, 1.54) is 32.1 Å². The zero-order valence-corrected chi connectivity index (χ0v) is 15.2. The number of benzene rings is 1. The van der Waals surface area contributed by atoms with Crippen LogP contribution in [0.1, 0.15) is 58.3 Å². The van der Waals surface area contributed by atoms with Gasteiger partial charge in [0.2, 0.25) is 11.8 Å². The number of ether oxygens (including phenoxy) is 1. The number of anilines is 1. The van der Waals surface area contributed by atoms with Crippen molar-refractivity contribution >= 4 is 17.5 Å². The molecular formula is C20H30N2O3. The van der Waals surface area contributed by atoms with Crippen molar-refractivity contribution in [3.8, 4) is 5.75 Å². The molecule has 5 nitrogen and oxygen atoms in total. The third-order valence-electron chi connectivity index (χ3n) is 4.50. The molecule has 1 fully saturated rings. The van der Waals surface area contributed by atoms with Gasteiger partial charge >= 0.3 is 0 Å². The van der Waals surface area contributed by atoms with Gasteiger partial charge < -0.3 is 15.4 Å². The summed E-state index contributed by atoms with van der Waals surface area (Å²) in [7, 11) is 0. The second kappa shape index (κ2) is 10.7. The van der Waals surface area contributed by atoms with Crippen LogP contribution < -0.4 is 15.4 Å². The first-order valence-electron chi connectivity index (χ1n) is 9.46. The molecule has 2 N–H and O–H groups in total. The van der Waals surface area contributed by atoms with E-state index in [2.05, 4.69) is 10.6 Å². The molecule has 0 bridgehead atoms. The Hall–Kier alpha value is -2.04. The molecule has 25 heavy (non-hydrogen) atoms. The first-order chi connectivity index (χ1) is 12.2. The Morgan fingerprint density at radius 3 is 2.40 bits per heavy atom. The van der Waals surface area contributed by atoms with Crippen molar-refractivity contribution in [3.63, 3.8) is 0 Å². The van der Waals surface area contributed by atoms with E-state index in [4.69, 9.17) is 4.74 Å². The first kappa shape index (κ1) is 19.3. The van der Waals surface area contributed by atoms with E-state index in [0.717, 1.165) is 24.5 Å². The first-order valence-corrected chi connectivity index (χ1v) is 9.46. The molecule has 2 rings (SSSR count). The molecule has 1 saturated carbocycles. The fourth-order valence-electron chi connectivity index (χ4n) is 3.01. The summed E-state index contributed by atoms with van der Waals surface area (Å²) in [5, 5.41) is 5.58. The van der Waals surface area contributed by atoms with Crippen molar-refractivity contribution in [2.24, 2.45) is 5.92 Å². The lowest BCUT2D eigenvalue weighted by molar-refractivity contribution is -0.124. The topological polar surface area (TPSA) is 67.4 Å². The molecule has 0 unspecified atom stereocenters. The van der Waals surface area contributed by atoms with Crippen molar-refractivity contribution in [2.75, 3.05) is 18.5 Å². The molecule has 1 aliphatic carbocycles. The average molecular weight is 346 g/mol. The quantitative estimate of drug-likeness (QED) is 0.713. The maximum absolute atomic E-state index is 11.9. The third-order valence-corrected chi connectivity index (χ3v) is 4.50. The van der Waals surface area contributed by atoms with Crippen LogP contribution in [0.15, 0.2) is 24.3 Å². The molecule has 1 aromatic carbocycles. The lowest BCUT2D eigenvalue weighted by Crippen LogP contribution is -2.25. The molecule has 0 radical (unpaired) electrons. The number of hydrogen-bond acceptors (Lipinski definition) is 3. The average Bonchev–Trinajstić information content (AvgIpc) is 2.65. The van der Waals surface area contributed by atoms with Crippen LogP contribution in [0.4, 0.5) is 5.69 Å². The molecule has 0 aliphatic heterocycles. The van der Waals surface area contributed by atoms with E-state index in [1.54, 1.807) is 0 Å². The summed E-state index contributed by atoms with van der Waals surface area (Å²) in [6.45, 7) is 3.43. The van der Waals surface area contributed by atoms with Crippen molar-refractivity contribution < 1.29 is 14.3 Å². The number of hydrogen-bond donors (Lipinski definition) is 2. The predicted molar refractivity (Wildman–Crippen MR) is 99.7 cm³/mol. The van der Waals surface area contributed by atoms with E-state index in [-0.39, 0.29) is 24.7 Å². The lowest BCUT2D eigenvalue weighted by atomic mass is 9.90. The second-order valence-corrected chi connectivity index (χ2v) is 6.74. The maximum atomic E-state index is 11.9. The van der Waals surface area contributed by atoms with Crippen molar-refractivity contribution in [1.29, 1.82) is 0 Å². The highest BCUT2D eigenvalue weighted by Gasteiger charge is 2.14. The molecule has 0 spiro atoms. The van der Waals surface area contributed by atoms with Crippen LogP contribution in [-0.2, 0) is 9.59 Å². The Morgan fingerprint density at radius 1 is 1.04 bits per heavy atom. The van der Waals surface area contributed by atoms with Gasteiger partial charge in [0, 0.05) is 25.1 Å². The second-order valence-electron chi connectivity index (χ2n) is 6.74. The van der Waals surface area contributed by atoms with Crippen molar-refractivity contribution in [2.45, 2.75) is 58.3 Å². The van der Waals surface area contributed by atoms with Gasteiger partial charge in [-0.15, -0.1) is 0 Å². The Morgan fingerprint density at radius 2 is 1.72 bits per heavy atom. The summed E-state index contributed by atoms with van der Waals surface area (Å²) in [5.41, 5.74) is 0.726. The Kier molecular flexibility index (Phi) is 8.29. The predicted octanol–water partition coefficient (Wildman–Crippen LogP) is 3.89. The van der Waals surface area contributed by atoms with E-state index >= 15 is 0 Å². The third kappa shape index (κ3) is 7.59. The summed E-state index contributed by atoms with van der Waals surface area (Å²) >= 11 is 0. The van der Waals surface area contributed by atoms with Gasteiger partial charge in [0.15, 0.2) is 0 Å². The Bertz CT molecular complexity index is 536. The summed E-state index contributed by atoms with van der Waals surface area (Å²) in [6, 6.07) is 7.44. The highest BCUT2D eigenvalue weighted by molar-refractivity contribution is 5.93. The molecule has 0 atom stereocenters. The molecule has 2 amide bonds. The van der Waals surface area contributed by atoms with Crippen LogP contribution in [0, 0.1) is 5.92 Å². The van der Waals surface area contributed by atoms with E-state index < -0.39 is 0 Å². The van der Waals surface area contributed by atoms with Gasteiger partial charge in [0.25, 0.3) is 0 Å². The van der Waals surface area contributed by atoms with Crippen LogP contribution in [-0.4, -0.2) is 25.0 Å². The van der Waals surface area contributed by atoms with Crippen LogP contribution in [0.5, 0.6) is 5.75 Å². The summed E-state index contributed by atoms with van der Waals surface area (Å²) in [5.74, 6) is 1.28. The van der Waals surface area contributed by atoms with Crippen LogP contribution in [0.2, 0.25) is 0 Å². The number of carbonyl (C=O) groups excluding carboxylic acids is 2. The molecule has 138 valence electrons. The summed E-state index contributed by atoms with van der Waals surface area (Å²) in [4.78, 5) is 23.4. The van der Waals surface area contributed by atoms with Gasteiger partial charge in [0.05, 0.1) is 6.61 Å². The number of carbonyl (C=O) groups is 2. The van der Waals surface area contributed by atoms with Gasteiger partial charge in [-0.25, -0.2) is 0 Å². The summed E-state index contributed by atoms with van der Waals surface area (Å²) < 4.78 is 5.86. The minimum atomic E-state index is -0.150. The fourth-order valence-corrected chi connectivity index (χ4v) is 3.01. The number of rotatable bonds is 9. The molecule has 0 heterocycles. The van der Waals surface area contributed by atoms with Crippen LogP contribution in [0.3, 0.4) is 0 Å². The summed E-state index contributed by atoms with van der Waals surface area (Å²) in [6.07, 6.45) is 7.81. The smallest absolute Gasteiger partial charge is 0.224 e. The Labute approximate surface area is 150 Å². The normalized spacial score (nSPS) is 14.8. The highest BCUT2D eigenvalue weighted by atomic mass is 16.5. The van der Waals surface area contributed by atoms with E-state index in [1.807, 2.05) is 31.2 Å². The lowest BCUT2D eigenvalue weighted by Gasteiger charge is -2.21. The van der Waals surface area contributed by atoms with Crippen molar-refractivity contribution in [1.82, 2.24) is 5.32 Å². The van der Waals surface area contributed by atoms with E-state index in [9.17, 15) is 9.59 Å². The largest absolute Gasteiger partial charge is 0.493 e. The molecule has 1 aliphatic rings. The molecule has 0 saturated heterocycles. The molecule has 1 aromatic rings. The molecule has 5 heteroatoms. The van der Waals surface area contributed by atoms with Gasteiger partial charge in [-0.2, -0.15) is 0 Å². The number of nitrogens with one attached hydrogen (secondary N) is 2. The van der Waals surface area contributed by atoms with Gasteiger partial charge in [-0.1, -0.05) is 26.2 Å². The molecule has 0 aromatic heterocycles. The van der Waals surface area contributed by atoms with Crippen LogP contribution >= 0.6 is 0 Å². The van der Waals surface area contributed by atoms with Crippen LogP contribution in [0.25, 0.3) is 0 Å². The SMILES string of the molecule is CCCNC(=O)CCC(=O)Nc1ccc(OCC2CCCCC2)cc1. The Balaban J connectivity index is 1.68. The number of amides is 2. The minimum absolute atomic E-state index is 0.0801. The maximum Gasteiger partial charge on any atom is 0.224 e. The molecular weight excluding hydrogens is 316 g/mol. The van der Waals surface area contributed by atoms with Crippen molar-refractivity contribution in [3.05, 3.63) is 24.3 Å². The van der Waals surface area contributed by atoms with Gasteiger partial charge in [0.1, 0.15) is 5.75 Å². The van der Waals surface area contributed by atoms with Gasteiger partial charge in [-0.3, -0.25) is 9.59 Å². The minimum Gasteiger partial charge on any atom is -0.493 e.